The van der Waals surface area contributed by atoms with Crippen LogP contribution < -0.4 is 10.1 Å². The molecule has 1 aromatic carbocycles. The zero-order valence-corrected chi connectivity index (χ0v) is 16.7. The Balaban J connectivity index is 1.44. The summed E-state index contributed by atoms with van der Waals surface area (Å²) in [7, 11) is 3.37. The number of amides is 1. The van der Waals surface area contributed by atoms with Crippen molar-refractivity contribution in [3.63, 3.8) is 0 Å². The van der Waals surface area contributed by atoms with Crippen molar-refractivity contribution < 1.29 is 14.3 Å². The van der Waals surface area contributed by atoms with Crippen LogP contribution in [-0.4, -0.2) is 45.3 Å². The summed E-state index contributed by atoms with van der Waals surface area (Å²) >= 11 is 0. The van der Waals surface area contributed by atoms with Gasteiger partial charge in [0.25, 0.3) is 5.91 Å². The predicted octanol–water partition coefficient (Wildman–Crippen LogP) is 3.11. The number of hydrogen-bond donors (Lipinski definition) is 1. The van der Waals surface area contributed by atoms with E-state index in [0.717, 1.165) is 30.8 Å². The van der Waals surface area contributed by atoms with Gasteiger partial charge in [-0.3, -0.25) is 14.2 Å². The minimum Gasteiger partial charge on any atom is -0.497 e. The van der Waals surface area contributed by atoms with Crippen molar-refractivity contribution in [3.8, 4) is 17.0 Å². The van der Waals surface area contributed by atoms with Crippen LogP contribution >= 0.6 is 0 Å². The standard InChI is InChI=1S/C21H25N5O3/c1-25-20(11-19(24-25)15-6-5-8-17(10-15)28-2)21(27)23-16-12-22-26(13-16)14-18-7-3-4-9-29-18/h5-6,8,10-13,18H,3-4,7,9,14H2,1-2H3,(H,23,27). The fraction of sp³-hybridized carbons (Fsp3) is 0.381. The first-order valence-electron chi connectivity index (χ1n) is 9.76. The predicted molar refractivity (Wildman–Crippen MR) is 109 cm³/mol. The van der Waals surface area contributed by atoms with Gasteiger partial charge in [-0.05, 0) is 37.5 Å². The Morgan fingerprint density at radius 1 is 1.34 bits per heavy atom. The van der Waals surface area contributed by atoms with Gasteiger partial charge in [-0.25, -0.2) is 0 Å². The largest absolute Gasteiger partial charge is 0.497 e. The van der Waals surface area contributed by atoms with Gasteiger partial charge in [-0.1, -0.05) is 12.1 Å². The molecule has 3 aromatic rings. The second-order valence-corrected chi connectivity index (χ2v) is 7.16. The van der Waals surface area contributed by atoms with Crippen LogP contribution in [0.15, 0.2) is 42.7 Å². The summed E-state index contributed by atoms with van der Waals surface area (Å²) in [5, 5.41) is 11.7. The highest BCUT2D eigenvalue weighted by Gasteiger charge is 2.17. The lowest BCUT2D eigenvalue weighted by molar-refractivity contribution is 0.00400. The zero-order chi connectivity index (χ0) is 20.2. The lowest BCUT2D eigenvalue weighted by atomic mass is 10.1. The number of ether oxygens (including phenoxy) is 2. The van der Waals surface area contributed by atoms with Crippen LogP contribution in [-0.2, 0) is 18.3 Å². The summed E-state index contributed by atoms with van der Waals surface area (Å²) in [4.78, 5) is 12.7. The molecule has 0 saturated carbocycles. The average molecular weight is 395 g/mol. The second kappa shape index (κ2) is 8.48. The molecule has 1 unspecified atom stereocenters. The number of anilines is 1. The van der Waals surface area contributed by atoms with Crippen LogP contribution in [0.1, 0.15) is 29.8 Å². The van der Waals surface area contributed by atoms with E-state index >= 15 is 0 Å². The molecular weight excluding hydrogens is 370 g/mol. The molecule has 8 heteroatoms. The molecule has 2 aromatic heterocycles. The van der Waals surface area contributed by atoms with Crippen molar-refractivity contribution >= 4 is 11.6 Å². The number of methoxy groups -OCH3 is 1. The Morgan fingerprint density at radius 2 is 2.24 bits per heavy atom. The van der Waals surface area contributed by atoms with Crippen LogP contribution in [0, 0.1) is 0 Å². The molecule has 152 valence electrons. The lowest BCUT2D eigenvalue weighted by Gasteiger charge is -2.22. The Labute approximate surface area is 169 Å². The first kappa shape index (κ1) is 19.2. The van der Waals surface area contributed by atoms with Crippen molar-refractivity contribution in [1.82, 2.24) is 19.6 Å². The first-order chi connectivity index (χ1) is 14.1. The van der Waals surface area contributed by atoms with Crippen LogP contribution in [0.2, 0.25) is 0 Å². The number of aryl methyl sites for hydroxylation is 1. The molecule has 0 bridgehead atoms. The van der Waals surface area contributed by atoms with E-state index in [1.54, 1.807) is 31.1 Å². The minimum atomic E-state index is -0.234. The number of nitrogens with zero attached hydrogens (tertiary/aromatic N) is 4. The molecule has 0 aliphatic carbocycles. The smallest absolute Gasteiger partial charge is 0.274 e. The van der Waals surface area contributed by atoms with Gasteiger partial charge < -0.3 is 14.8 Å². The van der Waals surface area contributed by atoms with Crippen LogP contribution in [0.5, 0.6) is 5.75 Å². The quantitative estimate of drug-likeness (QED) is 0.693. The molecule has 1 amide bonds. The molecule has 1 fully saturated rings. The maximum atomic E-state index is 12.7. The van der Waals surface area contributed by atoms with Gasteiger partial charge in [-0.15, -0.1) is 0 Å². The van der Waals surface area contributed by atoms with Gasteiger partial charge in [0.1, 0.15) is 11.4 Å². The monoisotopic (exact) mass is 395 g/mol. The van der Waals surface area contributed by atoms with Gasteiger partial charge in [0.15, 0.2) is 0 Å². The summed E-state index contributed by atoms with van der Waals surface area (Å²) in [5.74, 6) is 0.510. The maximum Gasteiger partial charge on any atom is 0.274 e. The molecule has 1 saturated heterocycles. The molecule has 0 spiro atoms. The Morgan fingerprint density at radius 3 is 3.03 bits per heavy atom. The molecule has 0 radical (unpaired) electrons. The summed E-state index contributed by atoms with van der Waals surface area (Å²) in [5.41, 5.74) is 2.71. The van der Waals surface area contributed by atoms with Gasteiger partial charge in [0.2, 0.25) is 0 Å². The van der Waals surface area contributed by atoms with Crippen molar-refractivity contribution in [1.29, 1.82) is 0 Å². The molecule has 3 heterocycles. The summed E-state index contributed by atoms with van der Waals surface area (Å²) in [6, 6.07) is 9.36. The maximum absolute atomic E-state index is 12.7. The number of hydrogen-bond acceptors (Lipinski definition) is 5. The fourth-order valence-electron chi connectivity index (χ4n) is 3.49. The van der Waals surface area contributed by atoms with Crippen molar-refractivity contribution in [2.24, 2.45) is 7.05 Å². The van der Waals surface area contributed by atoms with Gasteiger partial charge >= 0.3 is 0 Å². The summed E-state index contributed by atoms with van der Waals surface area (Å²) < 4.78 is 14.4. The highest BCUT2D eigenvalue weighted by atomic mass is 16.5. The second-order valence-electron chi connectivity index (χ2n) is 7.16. The minimum absolute atomic E-state index is 0.190. The van der Waals surface area contributed by atoms with E-state index in [1.165, 1.54) is 6.42 Å². The van der Waals surface area contributed by atoms with E-state index in [2.05, 4.69) is 15.5 Å². The molecule has 1 atom stereocenters. The topological polar surface area (TPSA) is 83.2 Å². The van der Waals surface area contributed by atoms with Crippen molar-refractivity contribution in [2.45, 2.75) is 31.9 Å². The SMILES string of the molecule is COc1cccc(-c2cc(C(=O)Nc3cnn(CC4CCCCO4)c3)n(C)n2)c1. The lowest BCUT2D eigenvalue weighted by Crippen LogP contribution is -2.24. The number of benzene rings is 1. The molecule has 8 nitrogen and oxygen atoms in total. The highest BCUT2D eigenvalue weighted by Crippen LogP contribution is 2.24. The normalized spacial score (nSPS) is 16.6. The number of nitrogens with one attached hydrogen (secondary N) is 1. The molecule has 1 aliphatic heterocycles. The van der Waals surface area contributed by atoms with E-state index in [4.69, 9.17) is 9.47 Å². The van der Waals surface area contributed by atoms with Crippen molar-refractivity contribution in [2.75, 3.05) is 19.0 Å². The van der Waals surface area contributed by atoms with Crippen LogP contribution in [0.3, 0.4) is 0 Å². The van der Waals surface area contributed by atoms with Gasteiger partial charge in [0, 0.05) is 25.4 Å². The third-order valence-electron chi connectivity index (χ3n) is 5.03. The number of rotatable bonds is 6. The van der Waals surface area contributed by atoms with Gasteiger partial charge in [-0.2, -0.15) is 10.2 Å². The molecule has 1 aliphatic rings. The zero-order valence-electron chi connectivity index (χ0n) is 16.7. The number of aromatic nitrogens is 4. The summed E-state index contributed by atoms with van der Waals surface area (Å²) in [6.45, 7) is 1.51. The molecule has 1 N–H and O–H groups in total. The Kier molecular flexibility index (Phi) is 5.62. The highest BCUT2D eigenvalue weighted by molar-refractivity contribution is 6.03. The third kappa shape index (κ3) is 4.48. The Bertz CT molecular complexity index is 988. The average Bonchev–Trinajstić information content (AvgIpc) is 3.35. The molecular formula is C21H25N5O3. The van der Waals surface area contributed by atoms with Crippen molar-refractivity contribution in [3.05, 3.63) is 48.4 Å². The van der Waals surface area contributed by atoms with E-state index in [0.29, 0.717) is 23.6 Å². The van der Waals surface area contributed by atoms with E-state index in [-0.39, 0.29) is 12.0 Å². The number of carbonyl (C=O) groups excluding carboxylic acids is 1. The van der Waals surface area contributed by atoms with E-state index < -0.39 is 0 Å². The molecule has 29 heavy (non-hydrogen) atoms. The first-order valence-corrected chi connectivity index (χ1v) is 9.76. The Hall–Kier alpha value is -3.13. The van der Waals surface area contributed by atoms with E-state index in [9.17, 15) is 4.79 Å². The summed E-state index contributed by atoms with van der Waals surface area (Å²) in [6.07, 6.45) is 7.03. The van der Waals surface area contributed by atoms with Crippen LogP contribution in [0.25, 0.3) is 11.3 Å². The van der Waals surface area contributed by atoms with Crippen LogP contribution in [0.4, 0.5) is 5.69 Å². The van der Waals surface area contributed by atoms with E-state index in [1.807, 2.05) is 35.1 Å². The molecule has 4 rings (SSSR count). The van der Waals surface area contributed by atoms with Gasteiger partial charge in [0.05, 0.1) is 37.3 Å². The third-order valence-corrected chi connectivity index (χ3v) is 5.03. The number of carbonyl (C=O) groups is 1. The fourth-order valence-corrected chi connectivity index (χ4v) is 3.49.